The van der Waals surface area contributed by atoms with Crippen molar-refractivity contribution in [3.63, 3.8) is 0 Å². The number of para-hydroxylation sites is 1. The molecule has 0 aliphatic carbocycles. The molecule has 2 N–H and O–H groups in total. The summed E-state index contributed by atoms with van der Waals surface area (Å²) < 4.78 is 18.8. The van der Waals surface area contributed by atoms with Gasteiger partial charge >= 0.3 is 0 Å². The molecule has 0 heterocycles. The number of aliphatic hydroxyl groups excluding tert-OH is 1. The van der Waals surface area contributed by atoms with Crippen LogP contribution in [0.25, 0.3) is 0 Å². The lowest BCUT2D eigenvalue weighted by Gasteiger charge is -2.14. The molecule has 0 bridgehead atoms. The van der Waals surface area contributed by atoms with Crippen molar-refractivity contribution in [2.75, 3.05) is 18.5 Å². The standard InChI is InChI=1S/C16H18FNO2/c1-12-5-4-6-14(9-12)20-11-13(19)10-18-16-8-3-2-7-15(16)17/h2-9,13,18-19H,10-11H2,1H3. The Bertz CT molecular complexity index is 560. The number of anilines is 1. The molecule has 0 saturated heterocycles. The Morgan fingerprint density at radius 2 is 2.00 bits per heavy atom. The molecule has 0 amide bonds. The molecule has 106 valence electrons. The molecule has 20 heavy (non-hydrogen) atoms. The molecule has 2 aromatic carbocycles. The van der Waals surface area contributed by atoms with Crippen molar-refractivity contribution in [3.05, 3.63) is 59.9 Å². The number of aryl methyl sites for hydroxylation is 1. The normalized spacial score (nSPS) is 11.9. The summed E-state index contributed by atoms with van der Waals surface area (Å²) in [4.78, 5) is 0. The van der Waals surface area contributed by atoms with E-state index >= 15 is 0 Å². The third kappa shape index (κ3) is 4.24. The van der Waals surface area contributed by atoms with Crippen molar-refractivity contribution in [1.29, 1.82) is 0 Å². The predicted molar refractivity (Wildman–Crippen MR) is 77.6 cm³/mol. The minimum absolute atomic E-state index is 0.158. The van der Waals surface area contributed by atoms with E-state index in [0.717, 1.165) is 11.3 Å². The first kappa shape index (κ1) is 14.3. The molecule has 2 rings (SSSR count). The van der Waals surface area contributed by atoms with Gasteiger partial charge in [0.1, 0.15) is 24.3 Å². The van der Waals surface area contributed by atoms with E-state index in [1.54, 1.807) is 18.2 Å². The monoisotopic (exact) mass is 275 g/mol. The van der Waals surface area contributed by atoms with Crippen LogP contribution in [0.4, 0.5) is 10.1 Å². The fourth-order valence-electron chi connectivity index (χ4n) is 1.79. The number of benzene rings is 2. The highest BCUT2D eigenvalue weighted by atomic mass is 19.1. The summed E-state index contributed by atoms with van der Waals surface area (Å²) in [6, 6.07) is 14.0. The van der Waals surface area contributed by atoms with Crippen LogP contribution < -0.4 is 10.1 Å². The molecular formula is C16H18FNO2. The van der Waals surface area contributed by atoms with E-state index in [0.29, 0.717) is 5.69 Å². The van der Waals surface area contributed by atoms with Gasteiger partial charge in [-0.1, -0.05) is 24.3 Å². The Hall–Kier alpha value is -2.07. The largest absolute Gasteiger partial charge is 0.491 e. The maximum Gasteiger partial charge on any atom is 0.146 e. The van der Waals surface area contributed by atoms with E-state index in [4.69, 9.17) is 4.74 Å². The average molecular weight is 275 g/mol. The van der Waals surface area contributed by atoms with E-state index in [1.807, 2.05) is 31.2 Å². The van der Waals surface area contributed by atoms with Gasteiger partial charge in [0, 0.05) is 6.54 Å². The van der Waals surface area contributed by atoms with Crippen molar-refractivity contribution >= 4 is 5.69 Å². The summed E-state index contributed by atoms with van der Waals surface area (Å²) in [6.07, 6.45) is -0.713. The zero-order chi connectivity index (χ0) is 14.4. The number of aliphatic hydroxyl groups is 1. The smallest absolute Gasteiger partial charge is 0.146 e. The van der Waals surface area contributed by atoms with Crippen LogP contribution in [0.15, 0.2) is 48.5 Å². The van der Waals surface area contributed by atoms with Gasteiger partial charge in [-0.25, -0.2) is 4.39 Å². The summed E-state index contributed by atoms with van der Waals surface area (Å²) in [5, 5.41) is 12.7. The van der Waals surface area contributed by atoms with E-state index in [-0.39, 0.29) is 19.0 Å². The van der Waals surface area contributed by atoms with E-state index in [1.165, 1.54) is 6.07 Å². The topological polar surface area (TPSA) is 41.5 Å². The molecule has 0 saturated carbocycles. The van der Waals surface area contributed by atoms with Crippen LogP contribution in [0.1, 0.15) is 5.56 Å². The molecule has 0 aromatic heterocycles. The molecule has 0 aliphatic rings. The van der Waals surface area contributed by atoms with Crippen molar-refractivity contribution in [1.82, 2.24) is 0 Å². The first-order chi connectivity index (χ1) is 9.65. The highest BCUT2D eigenvalue weighted by molar-refractivity contribution is 5.44. The van der Waals surface area contributed by atoms with Crippen molar-refractivity contribution in [2.45, 2.75) is 13.0 Å². The summed E-state index contributed by atoms with van der Waals surface area (Å²) in [6.45, 7) is 2.36. The number of hydrogen-bond donors (Lipinski definition) is 2. The Morgan fingerprint density at radius 1 is 1.20 bits per heavy atom. The van der Waals surface area contributed by atoms with Crippen LogP contribution in [0, 0.1) is 12.7 Å². The maximum atomic E-state index is 13.4. The number of nitrogens with one attached hydrogen (secondary N) is 1. The Labute approximate surface area is 118 Å². The zero-order valence-electron chi connectivity index (χ0n) is 11.3. The Balaban J connectivity index is 1.78. The molecule has 4 heteroatoms. The first-order valence-electron chi connectivity index (χ1n) is 6.51. The maximum absolute atomic E-state index is 13.4. The van der Waals surface area contributed by atoms with Gasteiger partial charge in [0.2, 0.25) is 0 Å². The first-order valence-corrected chi connectivity index (χ1v) is 6.51. The molecule has 0 radical (unpaired) electrons. The highest BCUT2D eigenvalue weighted by Gasteiger charge is 2.07. The van der Waals surface area contributed by atoms with Gasteiger partial charge in [-0.05, 0) is 36.8 Å². The van der Waals surface area contributed by atoms with Crippen molar-refractivity contribution in [3.8, 4) is 5.75 Å². The van der Waals surface area contributed by atoms with E-state index in [2.05, 4.69) is 5.32 Å². The lowest BCUT2D eigenvalue weighted by molar-refractivity contribution is 0.117. The second-order valence-electron chi connectivity index (χ2n) is 4.64. The second kappa shape index (κ2) is 6.91. The third-order valence-electron chi connectivity index (χ3n) is 2.83. The van der Waals surface area contributed by atoms with Crippen LogP contribution in [-0.2, 0) is 0 Å². The molecule has 3 nitrogen and oxygen atoms in total. The van der Waals surface area contributed by atoms with Crippen LogP contribution in [0.3, 0.4) is 0 Å². The minimum atomic E-state index is -0.713. The molecular weight excluding hydrogens is 257 g/mol. The van der Waals surface area contributed by atoms with Crippen molar-refractivity contribution in [2.24, 2.45) is 0 Å². The van der Waals surface area contributed by atoms with Gasteiger partial charge in [0.05, 0.1) is 5.69 Å². The average Bonchev–Trinajstić information content (AvgIpc) is 2.44. The highest BCUT2D eigenvalue weighted by Crippen LogP contribution is 2.14. The Kier molecular flexibility index (Phi) is 4.96. The van der Waals surface area contributed by atoms with Gasteiger partial charge in [0.25, 0.3) is 0 Å². The number of rotatable bonds is 6. The van der Waals surface area contributed by atoms with Gasteiger partial charge in [-0.2, -0.15) is 0 Å². The second-order valence-corrected chi connectivity index (χ2v) is 4.64. The SMILES string of the molecule is Cc1cccc(OCC(O)CNc2ccccc2F)c1. The molecule has 0 spiro atoms. The van der Waals surface area contributed by atoms with Crippen LogP contribution in [0.5, 0.6) is 5.75 Å². The third-order valence-corrected chi connectivity index (χ3v) is 2.83. The van der Waals surface area contributed by atoms with Gasteiger partial charge in [-0.3, -0.25) is 0 Å². The lowest BCUT2D eigenvalue weighted by Crippen LogP contribution is -2.26. The van der Waals surface area contributed by atoms with E-state index in [9.17, 15) is 9.50 Å². The fourth-order valence-corrected chi connectivity index (χ4v) is 1.79. The molecule has 2 aromatic rings. The predicted octanol–water partition coefficient (Wildman–Crippen LogP) is 2.99. The van der Waals surface area contributed by atoms with Gasteiger partial charge in [0.15, 0.2) is 0 Å². The number of hydrogen-bond acceptors (Lipinski definition) is 3. The summed E-state index contributed by atoms with van der Waals surface area (Å²) in [5.41, 5.74) is 1.48. The van der Waals surface area contributed by atoms with Crippen molar-refractivity contribution < 1.29 is 14.2 Å². The minimum Gasteiger partial charge on any atom is -0.491 e. The van der Waals surface area contributed by atoms with E-state index < -0.39 is 6.10 Å². The number of halogens is 1. The fraction of sp³-hybridized carbons (Fsp3) is 0.250. The summed E-state index contributed by atoms with van der Waals surface area (Å²) >= 11 is 0. The molecule has 1 unspecified atom stereocenters. The molecule has 0 fully saturated rings. The number of ether oxygens (including phenoxy) is 1. The van der Waals surface area contributed by atoms with Crippen LogP contribution in [0.2, 0.25) is 0 Å². The van der Waals surface area contributed by atoms with Gasteiger partial charge in [-0.15, -0.1) is 0 Å². The van der Waals surface area contributed by atoms with Crippen LogP contribution >= 0.6 is 0 Å². The molecule has 1 atom stereocenters. The quantitative estimate of drug-likeness (QED) is 0.851. The Morgan fingerprint density at radius 3 is 2.75 bits per heavy atom. The van der Waals surface area contributed by atoms with Gasteiger partial charge < -0.3 is 15.2 Å². The van der Waals surface area contributed by atoms with Crippen LogP contribution in [-0.4, -0.2) is 24.4 Å². The lowest BCUT2D eigenvalue weighted by atomic mass is 10.2. The zero-order valence-corrected chi connectivity index (χ0v) is 11.3. The molecule has 0 aliphatic heterocycles. The summed E-state index contributed by atoms with van der Waals surface area (Å²) in [7, 11) is 0. The summed E-state index contributed by atoms with van der Waals surface area (Å²) in [5.74, 6) is 0.384.